The number of benzene rings is 1. The van der Waals surface area contributed by atoms with Crippen molar-refractivity contribution in [3.63, 3.8) is 0 Å². The first-order chi connectivity index (χ1) is 12.1. The molecule has 1 aromatic rings. The Labute approximate surface area is 153 Å². The van der Waals surface area contributed by atoms with Crippen LogP contribution in [0.25, 0.3) is 0 Å². The van der Waals surface area contributed by atoms with Gasteiger partial charge >= 0.3 is 16.3 Å². The van der Waals surface area contributed by atoms with E-state index in [4.69, 9.17) is 8.92 Å². The predicted octanol–water partition coefficient (Wildman–Crippen LogP) is 1.05. The average Bonchev–Trinajstić information content (AvgIpc) is 3.00. The highest BCUT2D eigenvalue weighted by Crippen LogP contribution is 2.33. The second-order valence-corrected chi connectivity index (χ2v) is 7.89. The lowest BCUT2D eigenvalue weighted by molar-refractivity contribution is -0.138. The predicted molar refractivity (Wildman–Crippen MR) is 96.2 cm³/mol. The molecule has 8 nitrogen and oxygen atoms in total. The lowest BCUT2D eigenvalue weighted by Crippen LogP contribution is -2.44. The van der Waals surface area contributed by atoms with Crippen molar-refractivity contribution in [2.75, 3.05) is 25.2 Å². The van der Waals surface area contributed by atoms with Gasteiger partial charge in [-0.3, -0.25) is 9.59 Å². The van der Waals surface area contributed by atoms with Crippen LogP contribution in [0.3, 0.4) is 0 Å². The molecular formula is C17H24N2O6S. The van der Waals surface area contributed by atoms with Crippen molar-refractivity contribution in [2.24, 2.45) is 0 Å². The first-order valence-electron chi connectivity index (χ1n) is 8.20. The molecule has 1 heterocycles. The van der Waals surface area contributed by atoms with Crippen molar-refractivity contribution in [1.29, 1.82) is 0 Å². The third kappa shape index (κ3) is 4.22. The number of amides is 1. The van der Waals surface area contributed by atoms with Gasteiger partial charge in [0, 0.05) is 7.05 Å². The molecule has 144 valence electrons. The van der Waals surface area contributed by atoms with E-state index in [1.54, 1.807) is 0 Å². The summed E-state index contributed by atoms with van der Waals surface area (Å²) >= 11 is 0. The molecule has 1 fully saturated rings. The maximum atomic E-state index is 12.9. The Hall–Kier alpha value is -1.97. The summed E-state index contributed by atoms with van der Waals surface area (Å²) in [5, 5.41) is 0. The third-order valence-electron chi connectivity index (χ3n) is 4.63. The van der Waals surface area contributed by atoms with Crippen LogP contribution in [0.2, 0.25) is 0 Å². The standard InChI is InChI=1S/C17H24N2O6S/c1-10-6-11(2)13(4)17(12(10)3)19(14-7-16(21)24-8-14)15(20)9-25-26(22,23)18-5/h6,14,18H,7-9H2,1-5H3. The SMILES string of the molecule is CNS(=O)(=O)OCC(=O)N(c1c(C)c(C)cc(C)c1C)C1COC(=O)C1. The van der Waals surface area contributed by atoms with Gasteiger partial charge in [-0.2, -0.15) is 13.1 Å². The fourth-order valence-electron chi connectivity index (χ4n) is 2.99. The summed E-state index contributed by atoms with van der Waals surface area (Å²) in [4.78, 5) is 25.9. The van der Waals surface area contributed by atoms with Crippen LogP contribution in [0, 0.1) is 27.7 Å². The van der Waals surface area contributed by atoms with Gasteiger partial charge in [0.25, 0.3) is 5.91 Å². The molecule has 1 N–H and O–H groups in total. The Kier molecular flexibility index (Phi) is 6.05. The molecule has 1 saturated heterocycles. The quantitative estimate of drug-likeness (QED) is 0.736. The molecule has 1 atom stereocenters. The van der Waals surface area contributed by atoms with Gasteiger partial charge in [-0.15, -0.1) is 0 Å². The topological polar surface area (TPSA) is 102 Å². The van der Waals surface area contributed by atoms with E-state index in [-0.39, 0.29) is 13.0 Å². The minimum atomic E-state index is -4.00. The highest BCUT2D eigenvalue weighted by atomic mass is 32.2. The largest absolute Gasteiger partial charge is 0.463 e. The summed E-state index contributed by atoms with van der Waals surface area (Å²) in [6.07, 6.45) is 0.0520. The summed E-state index contributed by atoms with van der Waals surface area (Å²) in [6.45, 7) is 7.05. The van der Waals surface area contributed by atoms with Crippen LogP contribution in [0.1, 0.15) is 28.7 Å². The molecule has 1 aliphatic rings. The maximum absolute atomic E-state index is 12.9. The van der Waals surface area contributed by atoms with Gasteiger partial charge in [-0.1, -0.05) is 6.07 Å². The van der Waals surface area contributed by atoms with Crippen molar-refractivity contribution < 1.29 is 26.9 Å². The van der Waals surface area contributed by atoms with E-state index in [1.165, 1.54) is 11.9 Å². The summed E-state index contributed by atoms with van der Waals surface area (Å²) in [6, 6.07) is 1.52. The van der Waals surface area contributed by atoms with Crippen LogP contribution >= 0.6 is 0 Å². The molecule has 1 aliphatic heterocycles. The summed E-state index contributed by atoms with van der Waals surface area (Å²) < 4.78 is 34.7. The number of carbonyl (C=O) groups is 2. The van der Waals surface area contributed by atoms with Crippen molar-refractivity contribution >= 4 is 27.9 Å². The summed E-state index contributed by atoms with van der Waals surface area (Å²) in [7, 11) is -2.80. The molecule has 0 spiro atoms. The molecule has 9 heteroatoms. The van der Waals surface area contributed by atoms with E-state index in [1.807, 2.05) is 38.5 Å². The van der Waals surface area contributed by atoms with Gasteiger partial charge < -0.3 is 9.64 Å². The zero-order chi connectivity index (χ0) is 19.6. The van der Waals surface area contributed by atoms with Gasteiger partial charge in [-0.25, -0.2) is 4.18 Å². The van der Waals surface area contributed by atoms with Crippen molar-refractivity contribution in [3.05, 3.63) is 28.3 Å². The lowest BCUT2D eigenvalue weighted by Gasteiger charge is -2.31. The van der Waals surface area contributed by atoms with E-state index in [9.17, 15) is 18.0 Å². The molecule has 0 aliphatic carbocycles. The number of esters is 1. The monoisotopic (exact) mass is 384 g/mol. The lowest BCUT2D eigenvalue weighted by atomic mass is 9.96. The smallest absolute Gasteiger partial charge is 0.336 e. The fraction of sp³-hybridized carbons (Fsp3) is 0.529. The van der Waals surface area contributed by atoms with Crippen molar-refractivity contribution in [3.8, 4) is 0 Å². The van der Waals surface area contributed by atoms with Gasteiger partial charge in [-0.05, 0) is 49.9 Å². The number of aryl methyl sites for hydroxylation is 2. The zero-order valence-electron chi connectivity index (χ0n) is 15.6. The highest BCUT2D eigenvalue weighted by molar-refractivity contribution is 7.84. The molecular weight excluding hydrogens is 360 g/mol. The molecule has 0 saturated carbocycles. The first kappa shape index (κ1) is 20.3. The van der Waals surface area contributed by atoms with Gasteiger partial charge in [0.2, 0.25) is 0 Å². The number of hydrogen-bond acceptors (Lipinski definition) is 6. The summed E-state index contributed by atoms with van der Waals surface area (Å²) in [5.74, 6) is -0.945. The second kappa shape index (κ2) is 7.73. The molecule has 2 rings (SSSR count). The molecule has 0 bridgehead atoms. The molecule has 26 heavy (non-hydrogen) atoms. The van der Waals surface area contributed by atoms with Crippen LogP contribution in [-0.4, -0.2) is 46.6 Å². The number of nitrogens with zero attached hydrogens (tertiary/aromatic N) is 1. The highest BCUT2D eigenvalue weighted by Gasteiger charge is 2.35. The van der Waals surface area contributed by atoms with Crippen LogP contribution < -0.4 is 9.62 Å². The van der Waals surface area contributed by atoms with E-state index in [2.05, 4.69) is 0 Å². The van der Waals surface area contributed by atoms with Crippen molar-refractivity contribution in [1.82, 2.24) is 4.72 Å². The normalized spacial score (nSPS) is 17.3. The Morgan fingerprint density at radius 3 is 2.31 bits per heavy atom. The molecule has 0 aromatic heterocycles. The van der Waals surface area contributed by atoms with Crippen molar-refractivity contribution in [2.45, 2.75) is 40.2 Å². The fourth-order valence-corrected chi connectivity index (χ4v) is 3.36. The number of rotatable bonds is 6. The Morgan fingerprint density at radius 2 is 1.85 bits per heavy atom. The number of cyclic esters (lactones) is 1. The molecule has 1 unspecified atom stereocenters. The van der Waals surface area contributed by atoms with E-state index < -0.39 is 34.8 Å². The second-order valence-electron chi connectivity index (χ2n) is 6.33. The van der Waals surface area contributed by atoms with E-state index in [0.717, 1.165) is 22.3 Å². The third-order valence-corrected chi connectivity index (χ3v) is 5.56. The Bertz CT molecular complexity index is 808. The zero-order valence-corrected chi connectivity index (χ0v) is 16.4. The number of ether oxygens (including phenoxy) is 1. The van der Waals surface area contributed by atoms with Gasteiger partial charge in [0.1, 0.15) is 13.2 Å². The van der Waals surface area contributed by atoms with Crippen LogP contribution in [0.15, 0.2) is 6.07 Å². The minimum absolute atomic E-state index is 0.0520. The minimum Gasteiger partial charge on any atom is -0.463 e. The maximum Gasteiger partial charge on any atom is 0.336 e. The first-order valence-corrected chi connectivity index (χ1v) is 9.61. The number of nitrogens with one attached hydrogen (secondary N) is 1. The molecule has 1 amide bonds. The number of carbonyl (C=O) groups excluding carboxylic acids is 2. The Morgan fingerprint density at radius 1 is 1.27 bits per heavy atom. The average molecular weight is 384 g/mol. The Balaban J connectivity index is 2.46. The van der Waals surface area contributed by atoms with E-state index >= 15 is 0 Å². The number of hydrogen-bond donors (Lipinski definition) is 1. The van der Waals surface area contributed by atoms with E-state index in [0.29, 0.717) is 5.69 Å². The molecule has 1 aromatic carbocycles. The van der Waals surface area contributed by atoms with Gasteiger partial charge in [0.05, 0.1) is 18.2 Å². The van der Waals surface area contributed by atoms with Crippen LogP contribution in [-0.2, 0) is 28.8 Å². The van der Waals surface area contributed by atoms with Crippen LogP contribution in [0.5, 0.6) is 0 Å². The van der Waals surface area contributed by atoms with Crippen LogP contribution in [0.4, 0.5) is 5.69 Å². The summed E-state index contributed by atoms with van der Waals surface area (Å²) in [5.41, 5.74) is 4.43. The van der Waals surface area contributed by atoms with Gasteiger partial charge in [0.15, 0.2) is 0 Å². The number of anilines is 1. The molecule has 0 radical (unpaired) electrons.